The van der Waals surface area contributed by atoms with Crippen molar-refractivity contribution in [2.24, 2.45) is 0 Å². The van der Waals surface area contributed by atoms with Gasteiger partial charge in [0, 0.05) is 29.8 Å². The van der Waals surface area contributed by atoms with Crippen LogP contribution < -0.4 is 5.32 Å². The smallest absolute Gasteiger partial charge is 0.273 e. The van der Waals surface area contributed by atoms with E-state index in [1.165, 1.54) is 11.1 Å². The Kier molecular flexibility index (Phi) is 4.63. The molecule has 0 unspecified atom stereocenters. The molecule has 0 saturated carbocycles. The number of nitrogens with one attached hydrogen (secondary N) is 1. The van der Waals surface area contributed by atoms with E-state index in [1.807, 2.05) is 11.6 Å². The fraction of sp³-hybridized carbons (Fsp3) is 0.421. The van der Waals surface area contributed by atoms with E-state index in [-0.39, 0.29) is 5.91 Å². The predicted molar refractivity (Wildman–Crippen MR) is 100 cm³/mol. The average Bonchev–Trinajstić information content (AvgIpc) is 3.35. The van der Waals surface area contributed by atoms with E-state index in [0.29, 0.717) is 18.8 Å². The predicted octanol–water partition coefficient (Wildman–Crippen LogP) is 3.53. The highest BCUT2D eigenvalue weighted by Crippen LogP contribution is 2.28. The zero-order chi connectivity index (χ0) is 18.1. The van der Waals surface area contributed by atoms with Gasteiger partial charge in [-0.15, -0.1) is 0 Å². The van der Waals surface area contributed by atoms with Gasteiger partial charge in [-0.1, -0.05) is 5.16 Å². The molecule has 3 aromatic heterocycles. The van der Waals surface area contributed by atoms with Crippen LogP contribution in [0.4, 0.5) is 0 Å². The number of aromatic nitrogens is 3. The molecule has 1 amide bonds. The zero-order valence-electron chi connectivity index (χ0n) is 15.0. The summed E-state index contributed by atoms with van der Waals surface area (Å²) < 4.78 is 7.28. The lowest BCUT2D eigenvalue weighted by Crippen LogP contribution is -2.29. The number of fused-ring (bicyclic) bond motifs is 1. The summed E-state index contributed by atoms with van der Waals surface area (Å²) >= 11 is 1.68. The standard InChI is InChI=1S/C19H22N4O2S/c1-12-17(14-7-10-26-11-14)13(2)23(21-12)9-8-20-19(24)18-15-5-3-4-6-16(15)25-22-18/h7,10-11H,3-6,8-9H2,1-2H3,(H,20,24). The molecular weight excluding hydrogens is 348 g/mol. The van der Waals surface area contributed by atoms with Gasteiger partial charge >= 0.3 is 0 Å². The summed E-state index contributed by atoms with van der Waals surface area (Å²) in [5.74, 6) is 0.719. The minimum Gasteiger partial charge on any atom is -0.360 e. The summed E-state index contributed by atoms with van der Waals surface area (Å²) in [6, 6.07) is 2.11. The van der Waals surface area contributed by atoms with Crippen molar-refractivity contribution in [3.63, 3.8) is 0 Å². The van der Waals surface area contributed by atoms with Crippen LogP contribution in [-0.4, -0.2) is 27.4 Å². The molecule has 0 aliphatic heterocycles. The minimum atomic E-state index is -0.156. The first-order chi connectivity index (χ1) is 12.6. The molecule has 1 N–H and O–H groups in total. The van der Waals surface area contributed by atoms with Gasteiger partial charge in [0.25, 0.3) is 5.91 Å². The minimum absolute atomic E-state index is 0.156. The van der Waals surface area contributed by atoms with Gasteiger partial charge in [0.05, 0.1) is 12.2 Å². The van der Waals surface area contributed by atoms with Crippen LogP contribution in [0.1, 0.15) is 46.0 Å². The third-order valence-corrected chi connectivity index (χ3v) is 5.65. The van der Waals surface area contributed by atoms with Gasteiger partial charge in [0.1, 0.15) is 5.76 Å². The van der Waals surface area contributed by atoms with Crippen LogP contribution in [0.3, 0.4) is 0 Å². The molecule has 0 fully saturated rings. The number of carbonyl (C=O) groups excluding carboxylic acids is 1. The molecule has 0 aromatic carbocycles. The van der Waals surface area contributed by atoms with Crippen LogP contribution in [-0.2, 0) is 19.4 Å². The monoisotopic (exact) mass is 370 g/mol. The Labute approximate surface area is 156 Å². The number of aryl methyl sites for hydroxylation is 2. The highest BCUT2D eigenvalue weighted by atomic mass is 32.1. The maximum Gasteiger partial charge on any atom is 0.273 e. The summed E-state index contributed by atoms with van der Waals surface area (Å²) in [6.07, 6.45) is 3.95. The molecule has 0 saturated heterocycles. The van der Waals surface area contributed by atoms with Crippen molar-refractivity contribution in [1.82, 2.24) is 20.3 Å². The molecule has 3 heterocycles. The second kappa shape index (κ2) is 7.07. The number of rotatable bonds is 5. The first-order valence-corrected chi connectivity index (χ1v) is 9.91. The van der Waals surface area contributed by atoms with E-state index < -0.39 is 0 Å². The molecule has 7 heteroatoms. The summed E-state index contributed by atoms with van der Waals surface area (Å²) in [4.78, 5) is 12.4. The summed E-state index contributed by atoms with van der Waals surface area (Å²) in [5, 5.41) is 15.8. The van der Waals surface area contributed by atoms with E-state index in [4.69, 9.17) is 4.52 Å². The maximum atomic E-state index is 12.4. The Morgan fingerprint density at radius 2 is 2.19 bits per heavy atom. The van der Waals surface area contributed by atoms with Crippen molar-refractivity contribution in [3.8, 4) is 11.1 Å². The zero-order valence-corrected chi connectivity index (χ0v) is 15.9. The lowest BCUT2D eigenvalue weighted by atomic mass is 9.96. The fourth-order valence-corrected chi connectivity index (χ4v) is 4.31. The summed E-state index contributed by atoms with van der Waals surface area (Å²) in [6.45, 7) is 5.23. The van der Waals surface area contributed by atoms with Crippen LogP contribution in [0.2, 0.25) is 0 Å². The van der Waals surface area contributed by atoms with Crippen LogP contribution >= 0.6 is 11.3 Å². The molecule has 0 bridgehead atoms. The molecule has 0 radical (unpaired) electrons. The number of carbonyl (C=O) groups is 1. The van der Waals surface area contributed by atoms with Gasteiger partial charge in [-0.05, 0) is 55.5 Å². The Morgan fingerprint density at radius 1 is 1.35 bits per heavy atom. The SMILES string of the molecule is Cc1nn(CCNC(=O)c2noc3c2CCCC3)c(C)c1-c1ccsc1. The summed E-state index contributed by atoms with van der Waals surface area (Å²) in [5.41, 5.74) is 5.95. The molecule has 3 aromatic rings. The maximum absolute atomic E-state index is 12.4. The summed E-state index contributed by atoms with van der Waals surface area (Å²) in [7, 11) is 0. The number of thiophene rings is 1. The van der Waals surface area contributed by atoms with Crippen molar-refractivity contribution in [3.05, 3.63) is 45.2 Å². The van der Waals surface area contributed by atoms with Crippen molar-refractivity contribution < 1.29 is 9.32 Å². The van der Waals surface area contributed by atoms with Gasteiger partial charge in [-0.2, -0.15) is 16.4 Å². The molecular formula is C19H22N4O2S. The van der Waals surface area contributed by atoms with Gasteiger partial charge in [-0.25, -0.2) is 0 Å². The lowest BCUT2D eigenvalue weighted by molar-refractivity contribution is 0.0942. The van der Waals surface area contributed by atoms with Gasteiger partial charge in [0.15, 0.2) is 5.69 Å². The van der Waals surface area contributed by atoms with Gasteiger partial charge in [-0.3, -0.25) is 9.48 Å². The molecule has 1 aliphatic carbocycles. The first-order valence-electron chi connectivity index (χ1n) is 8.97. The molecule has 4 rings (SSSR count). The van der Waals surface area contributed by atoms with Crippen molar-refractivity contribution in [2.75, 3.05) is 6.54 Å². The number of hydrogen-bond donors (Lipinski definition) is 1. The van der Waals surface area contributed by atoms with Crippen LogP contribution in [0.5, 0.6) is 0 Å². The Bertz CT molecular complexity index is 924. The lowest BCUT2D eigenvalue weighted by Gasteiger charge is -2.10. The normalized spacial score (nSPS) is 13.6. The van der Waals surface area contributed by atoms with E-state index in [2.05, 4.69) is 39.3 Å². The Hall–Kier alpha value is -2.41. The Morgan fingerprint density at radius 3 is 3.00 bits per heavy atom. The fourth-order valence-electron chi connectivity index (χ4n) is 3.66. The Balaban J connectivity index is 1.42. The molecule has 136 valence electrons. The quantitative estimate of drug-likeness (QED) is 0.746. The van der Waals surface area contributed by atoms with E-state index in [9.17, 15) is 4.79 Å². The van der Waals surface area contributed by atoms with Crippen molar-refractivity contribution in [1.29, 1.82) is 0 Å². The largest absolute Gasteiger partial charge is 0.360 e. The van der Waals surface area contributed by atoms with Crippen molar-refractivity contribution >= 4 is 17.2 Å². The van der Waals surface area contributed by atoms with E-state index in [0.717, 1.165) is 48.4 Å². The van der Waals surface area contributed by atoms with Crippen LogP contribution in [0.25, 0.3) is 11.1 Å². The third kappa shape index (κ3) is 3.07. The van der Waals surface area contributed by atoms with Gasteiger partial charge in [0.2, 0.25) is 0 Å². The highest BCUT2D eigenvalue weighted by molar-refractivity contribution is 7.08. The van der Waals surface area contributed by atoms with Crippen LogP contribution in [0.15, 0.2) is 21.3 Å². The number of nitrogens with zero attached hydrogens (tertiary/aromatic N) is 3. The highest BCUT2D eigenvalue weighted by Gasteiger charge is 2.23. The first kappa shape index (κ1) is 17.0. The number of hydrogen-bond acceptors (Lipinski definition) is 5. The topological polar surface area (TPSA) is 73.0 Å². The van der Waals surface area contributed by atoms with Crippen LogP contribution in [0, 0.1) is 13.8 Å². The van der Waals surface area contributed by atoms with E-state index >= 15 is 0 Å². The van der Waals surface area contributed by atoms with E-state index in [1.54, 1.807) is 11.3 Å². The molecule has 0 spiro atoms. The number of amides is 1. The molecule has 1 aliphatic rings. The third-order valence-electron chi connectivity index (χ3n) is 4.97. The van der Waals surface area contributed by atoms with Crippen molar-refractivity contribution in [2.45, 2.75) is 46.1 Å². The van der Waals surface area contributed by atoms with Gasteiger partial charge < -0.3 is 9.84 Å². The molecule has 26 heavy (non-hydrogen) atoms. The second-order valence-electron chi connectivity index (χ2n) is 6.68. The second-order valence-corrected chi connectivity index (χ2v) is 7.46. The molecule has 0 atom stereocenters. The average molecular weight is 370 g/mol. The molecule has 6 nitrogen and oxygen atoms in total.